The van der Waals surface area contributed by atoms with Gasteiger partial charge in [-0.25, -0.2) is 4.79 Å². The van der Waals surface area contributed by atoms with Gasteiger partial charge in [-0.05, 0) is 55.9 Å². The van der Waals surface area contributed by atoms with Gasteiger partial charge in [-0.2, -0.15) is 0 Å². The van der Waals surface area contributed by atoms with Crippen LogP contribution < -0.4 is 0 Å². The fraction of sp³-hybridized carbons (Fsp3) is 0.190. The van der Waals surface area contributed by atoms with Crippen molar-refractivity contribution in [2.75, 3.05) is 0 Å². The molecule has 3 nitrogen and oxygen atoms in total. The largest absolute Gasteiger partial charge is 0.509 e. The van der Waals surface area contributed by atoms with Gasteiger partial charge in [0.2, 0.25) is 0 Å². The van der Waals surface area contributed by atoms with E-state index in [1.165, 1.54) is 42.4 Å². The smallest absolute Gasteiger partial charge is 0.426 e. The zero-order valence-corrected chi connectivity index (χ0v) is 15.1. The molecule has 26 heavy (non-hydrogen) atoms. The third kappa shape index (κ3) is 1.45. The summed E-state index contributed by atoms with van der Waals surface area (Å²) in [7, 11) is 0. The second-order valence-corrected chi connectivity index (χ2v) is 9.02. The van der Waals surface area contributed by atoms with Crippen LogP contribution in [0.15, 0.2) is 47.2 Å². The minimum Gasteiger partial charge on any atom is -0.426 e. The number of benzene rings is 2. The Balaban J connectivity index is 1.64. The zero-order chi connectivity index (χ0) is 17.0. The van der Waals surface area contributed by atoms with Gasteiger partial charge in [0.1, 0.15) is 0 Å². The number of hydrogen-bond donors (Lipinski definition) is 0. The van der Waals surface area contributed by atoms with E-state index in [9.17, 15) is 4.79 Å². The van der Waals surface area contributed by atoms with E-state index in [-0.39, 0.29) is 24.0 Å². The lowest BCUT2D eigenvalue weighted by Gasteiger charge is -2.45. The molecule has 2 bridgehead atoms. The van der Waals surface area contributed by atoms with Gasteiger partial charge < -0.3 is 9.47 Å². The average Bonchev–Trinajstić information content (AvgIpc) is 3.38. The average molecular weight is 376 g/mol. The Bertz CT molecular complexity index is 1150. The van der Waals surface area contributed by atoms with Gasteiger partial charge in [-0.1, -0.05) is 24.3 Å². The highest BCUT2D eigenvalue weighted by atomic mass is 32.1. The SMILES string of the molecule is O=C1OC2C3c4ccc5ccsc5c4C(c4ccc5ccsc5c43)C2O1. The van der Waals surface area contributed by atoms with Crippen molar-refractivity contribution in [3.05, 3.63) is 69.4 Å². The summed E-state index contributed by atoms with van der Waals surface area (Å²) in [5.74, 6) is 0.102. The first-order chi connectivity index (χ1) is 12.8. The first kappa shape index (κ1) is 13.8. The summed E-state index contributed by atoms with van der Waals surface area (Å²) in [5.41, 5.74) is 5.28. The van der Waals surface area contributed by atoms with Crippen molar-refractivity contribution in [3.63, 3.8) is 0 Å². The lowest BCUT2D eigenvalue weighted by Crippen LogP contribution is -2.45. The molecule has 0 radical (unpaired) electrons. The Morgan fingerprint density at radius 2 is 1.19 bits per heavy atom. The normalized spacial score (nSPS) is 27.9. The van der Waals surface area contributed by atoms with E-state index in [1.54, 1.807) is 22.7 Å². The molecule has 0 amide bonds. The van der Waals surface area contributed by atoms with Crippen molar-refractivity contribution in [2.24, 2.45) is 0 Å². The molecule has 3 heterocycles. The molecule has 2 aromatic heterocycles. The standard InChI is InChI=1S/C21H12O3S2/c22-21-23-17-13-11-3-1-9-5-7-25-19(9)15(11)14(18(17)24-21)12-4-2-10-6-8-26-20(10)16(12)13/h1-8,13-14,17-18H. The van der Waals surface area contributed by atoms with Gasteiger partial charge >= 0.3 is 6.16 Å². The quantitative estimate of drug-likeness (QED) is 0.374. The Labute approximate surface area is 156 Å². The van der Waals surface area contributed by atoms with Gasteiger partial charge in [0.25, 0.3) is 0 Å². The van der Waals surface area contributed by atoms with E-state index in [0.717, 1.165) is 0 Å². The zero-order valence-electron chi connectivity index (χ0n) is 13.5. The summed E-state index contributed by atoms with van der Waals surface area (Å²) >= 11 is 3.56. The Morgan fingerprint density at radius 3 is 1.69 bits per heavy atom. The second-order valence-electron chi connectivity index (χ2n) is 7.19. The summed E-state index contributed by atoms with van der Waals surface area (Å²) in [4.78, 5) is 12.0. The van der Waals surface area contributed by atoms with Crippen LogP contribution in [0.2, 0.25) is 0 Å². The van der Waals surface area contributed by atoms with Crippen molar-refractivity contribution in [1.29, 1.82) is 0 Å². The highest BCUT2D eigenvalue weighted by molar-refractivity contribution is 7.17. The highest BCUT2D eigenvalue weighted by Crippen LogP contribution is 2.60. The number of carbonyl (C=O) groups is 1. The molecule has 126 valence electrons. The molecule has 1 fully saturated rings. The predicted octanol–water partition coefficient (Wildman–Crippen LogP) is 5.61. The molecule has 4 aliphatic rings. The lowest BCUT2D eigenvalue weighted by molar-refractivity contribution is 0.104. The molecule has 0 spiro atoms. The maximum absolute atomic E-state index is 12.0. The van der Waals surface area contributed by atoms with Gasteiger partial charge in [-0.15, -0.1) is 22.7 Å². The number of hydrogen-bond acceptors (Lipinski definition) is 5. The Hall–Kier alpha value is -2.37. The predicted molar refractivity (Wildman–Crippen MR) is 102 cm³/mol. The first-order valence-electron chi connectivity index (χ1n) is 8.68. The van der Waals surface area contributed by atoms with Crippen LogP contribution in [0.3, 0.4) is 0 Å². The van der Waals surface area contributed by atoms with Crippen molar-refractivity contribution in [3.8, 4) is 0 Å². The number of fused-ring (bicyclic) bond motifs is 2. The Morgan fingerprint density at radius 1 is 0.692 bits per heavy atom. The molecule has 1 aliphatic heterocycles. The summed E-state index contributed by atoms with van der Waals surface area (Å²) < 4.78 is 14.0. The van der Waals surface area contributed by atoms with Crippen molar-refractivity contribution in [2.45, 2.75) is 24.0 Å². The molecule has 4 aromatic rings. The topological polar surface area (TPSA) is 35.5 Å². The maximum Gasteiger partial charge on any atom is 0.509 e. The van der Waals surface area contributed by atoms with E-state index < -0.39 is 6.16 Å². The first-order valence-corrected chi connectivity index (χ1v) is 10.4. The third-order valence-electron chi connectivity index (χ3n) is 6.13. The molecule has 1 saturated heterocycles. The molecule has 0 N–H and O–H groups in total. The van der Waals surface area contributed by atoms with E-state index >= 15 is 0 Å². The summed E-state index contributed by atoms with van der Waals surface area (Å²) in [6.45, 7) is 0. The van der Waals surface area contributed by atoms with E-state index in [4.69, 9.17) is 9.47 Å². The van der Waals surface area contributed by atoms with E-state index in [1.807, 2.05) is 0 Å². The molecular formula is C21H12O3S2. The summed E-state index contributed by atoms with van der Waals surface area (Å²) in [6, 6.07) is 13.2. The van der Waals surface area contributed by atoms with Crippen LogP contribution in [-0.4, -0.2) is 18.4 Å². The molecule has 4 unspecified atom stereocenters. The van der Waals surface area contributed by atoms with Crippen LogP contribution in [0.5, 0.6) is 0 Å². The van der Waals surface area contributed by atoms with Crippen LogP contribution in [0.4, 0.5) is 4.79 Å². The summed E-state index contributed by atoms with van der Waals surface area (Å²) in [5, 5.41) is 6.82. The number of carbonyl (C=O) groups excluding carboxylic acids is 1. The maximum atomic E-state index is 12.0. The van der Waals surface area contributed by atoms with Crippen LogP contribution in [-0.2, 0) is 9.47 Å². The van der Waals surface area contributed by atoms with Crippen molar-refractivity contribution >= 4 is 49.0 Å². The fourth-order valence-electron chi connectivity index (χ4n) is 5.22. The minimum atomic E-state index is -0.527. The molecule has 4 atom stereocenters. The van der Waals surface area contributed by atoms with E-state index in [0.29, 0.717) is 0 Å². The van der Waals surface area contributed by atoms with Gasteiger partial charge in [-0.3, -0.25) is 0 Å². The molecule has 0 saturated carbocycles. The molecule has 8 rings (SSSR count). The molecule has 3 aliphatic carbocycles. The lowest BCUT2D eigenvalue weighted by atomic mass is 9.61. The van der Waals surface area contributed by atoms with E-state index in [2.05, 4.69) is 47.2 Å². The van der Waals surface area contributed by atoms with Gasteiger partial charge in [0, 0.05) is 9.40 Å². The fourth-order valence-corrected chi connectivity index (χ4v) is 7.21. The van der Waals surface area contributed by atoms with Crippen molar-refractivity contribution < 1.29 is 14.3 Å². The Kier molecular flexibility index (Phi) is 2.37. The molecule has 2 aromatic carbocycles. The number of thiophene rings is 2. The number of rotatable bonds is 0. The van der Waals surface area contributed by atoms with Crippen molar-refractivity contribution in [1.82, 2.24) is 0 Å². The van der Waals surface area contributed by atoms with Gasteiger partial charge in [0.15, 0.2) is 12.2 Å². The monoisotopic (exact) mass is 376 g/mol. The van der Waals surface area contributed by atoms with Crippen LogP contribution in [0.25, 0.3) is 20.2 Å². The van der Waals surface area contributed by atoms with Gasteiger partial charge in [0.05, 0.1) is 11.8 Å². The molecular weight excluding hydrogens is 364 g/mol. The van der Waals surface area contributed by atoms with Crippen LogP contribution >= 0.6 is 22.7 Å². The summed E-state index contributed by atoms with van der Waals surface area (Å²) in [6.07, 6.45) is -0.976. The minimum absolute atomic E-state index is 0.0512. The van der Waals surface area contributed by atoms with Crippen LogP contribution in [0, 0.1) is 0 Å². The highest BCUT2D eigenvalue weighted by Gasteiger charge is 2.58. The second kappa shape index (κ2) is 4.48. The van der Waals surface area contributed by atoms with Crippen LogP contribution in [0.1, 0.15) is 34.1 Å². The number of ether oxygens (including phenoxy) is 2. The third-order valence-corrected chi connectivity index (χ3v) is 8.05. The molecule has 5 heteroatoms.